The number of piperidine rings is 1. The van der Waals surface area contributed by atoms with Crippen molar-refractivity contribution in [2.45, 2.75) is 32.2 Å². The lowest BCUT2D eigenvalue weighted by Crippen LogP contribution is -2.38. The zero-order valence-electron chi connectivity index (χ0n) is 17.2. The van der Waals surface area contributed by atoms with Crippen LogP contribution in [0.1, 0.15) is 46.1 Å². The van der Waals surface area contributed by atoms with E-state index in [1.165, 1.54) is 11.1 Å². The number of likely N-dealkylation sites (tertiary alicyclic amines) is 1. The van der Waals surface area contributed by atoms with E-state index >= 15 is 0 Å². The molecule has 1 aromatic heterocycles. The van der Waals surface area contributed by atoms with Gasteiger partial charge in [-0.3, -0.25) is 9.48 Å². The molecular weight excluding hydrogens is 362 g/mol. The molecule has 0 atom stereocenters. The molecule has 1 aliphatic heterocycles. The van der Waals surface area contributed by atoms with E-state index in [-0.39, 0.29) is 5.91 Å². The standard InChI is InChI=1S/C23H25N3O.CH4O/c1-18-16-22(24-26(18)17-19-8-4-2-5-9-19)23(27)25-14-12-21(13-15-25)20-10-6-3-7-11-20;1-2/h2-11,16,21H,12-15,17H2,1H3;2H,1H3. The number of rotatable bonds is 4. The Hall–Kier alpha value is -2.92. The van der Waals surface area contributed by atoms with Crippen molar-refractivity contribution < 1.29 is 9.90 Å². The van der Waals surface area contributed by atoms with Gasteiger partial charge in [0.05, 0.1) is 6.54 Å². The van der Waals surface area contributed by atoms with Crippen LogP contribution in [0.3, 0.4) is 0 Å². The van der Waals surface area contributed by atoms with Crippen molar-refractivity contribution in [1.29, 1.82) is 0 Å². The quantitative estimate of drug-likeness (QED) is 0.735. The van der Waals surface area contributed by atoms with E-state index in [2.05, 4.69) is 47.6 Å². The van der Waals surface area contributed by atoms with Crippen LogP contribution >= 0.6 is 0 Å². The van der Waals surface area contributed by atoms with Crippen LogP contribution in [0, 0.1) is 6.92 Å². The predicted molar refractivity (Wildman–Crippen MR) is 115 cm³/mol. The second-order valence-corrected chi connectivity index (χ2v) is 7.29. The van der Waals surface area contributed by atoms with Gasteiger partial charge in [0.25, 0.3) is 5.91 Å². The summed E-state index contributed by atoms with van der Waals surface area (Å²) in [6.07, 6.45) is 2.03. The van der Waals surface area contributed by atoms with Crippen LogP contribution in [0.2, 0.25) is 0 Å². The van der Waals surface area contributed by atoms with Crippen LogP contribution in [0.25, 0.3) is 0 Å². The van der Waals surface area contributed by atoms with E-state index < -0.39 is 0 Å². The summed E-state index contributed by atoms with van der Waals surface area (Å²) < 4.78 is 1.92. The Morgan fingerprint density at radius 1 is 1.00 bits per heavy atom. The molecule has 3 aromatic rings. The number of aryl methyl sites for hydroxylation is 1. The van der Waals surface area contributed by atoms with Crippen LogP contribution in [0.15, 0.2) is 66.7 Å². The average Bonchev–Trinajstić information content (AvgIpc) is 3.16. The van der Waals surface area contributed by atoms with Gasteiger partial charge < -0.3 is 10.0 Å². The summed E-state index contributed by atoms with van der Waals surface area (Å²) in [4.78, 5) is 14.9. The Kier molecular flexibility index (Phi) is 7.19. The molecule has 0 spiro atoms. The molecule has 2 heterocycles. The van der Waals surface area contributed by atoms with Crippen molar-refractivity contribution >= 4 is 5.91 Å². The average molecular weight is 392 g/mol. The lowest BCUT2D eigenvalue weighted by molar-refractivity contribution is 0.0706. The van der Waals surface area contributed by atoms with Crippen molar-refractivity contribution in [3.63, 3.8) is 0 Å². The molecule has 2 aromatic carbocycles. The van der Waals surface area contributed by atoms with Crippen LogP contribution in [-0.4, -0.2) is 45.9 Å². The van der Waals surface area contributed by atoms with Gasteiger partial charge in [0.15, 0.2) is 5.69 Å². The first-order valence-electron chi connectivity index (χ1n) is 10.1. The molecule has 152 valence electrons. The van der Waals surface area contributed by atoms with Gasteiger partial charge in [0, 0.05) is 25.9 Å². The first-order chi connectivity index (χ1) is 14.2. The number of hydrogen-bond donors (Lipinski definition) is 1. The number of benzene rings is 2. The SMILES string of the molecule is CO.Cc1cc(C(=O)N2CCC(c3ccccc3)CC2)nn1Cc1ccccc1. The van der Waals surface area contributed by atoms with E-state index in [1.807, 2.05) is 40.8 Å². The molecule has 0 unspecified atom stereocenters. The minimum Gasteiger partial charge on any atom is -0.400 e. The van der Waals surface area contributed by atoms with Crippen molar-refractivity contribution in [2.24, 2.45) is 0 Å². The van der Waals surface area contributed by atoms with Gasteiger partial charge in [-0.15, -0.1) is 0 Å². The summed E-state index contributed by atoms with van der Waals surface area (Å²) in [6.45, 7) is 4.29. The van der Waals surface area contributed by atoms with Crippen molar-refractivity contribution in [3.8, 4) is 0 Å². The van der Waals surface area contributed by atoms with Gasteiger partial charge in [-0.05, 0) is 42.9 Å². The fourth-order valence-electron chi connectivity index (χ4n) is 3.83. The smallest absolute Gasteiger partial charge is 0.274 e. The van der Waals surface area contributed by atoms with Crippen molar-refractivity contribution in [3.05, 3.63) is 89.2 Å². The third-order valence-corrected chi connectivity index (χ3v) is 5.43. The third-order valence-electron chi connectivity index (χ3n) is 5.43. The van der Waals surface area contributed by atoms with Gasteiger partial charge in [-0.1, -0.05) is 60.7 Å². The normalized spacial score (nSPS) is 14.2. The summed E-state index contributed by atoms with van der Waals surface area (Å²) in [5.41, 5.74) is 4.14. The fraction of sp³-hybridized carbons (Fsp3) is 0.333. The number of amides is 1. The molecule has 0 aliphatic carbocycles. The molecule has 0 radical (unpaired) electrons. The number of hydrogen-bond acceptors (Lipinski definition) is 3. The number of carbonyl (C=O) groups is 1. The minimum atomic E-state index is 0.0522. The summed E-state index contributed by atoms with van der Waals surface area (Å²) in [5.74, 6) is 0.601. The number of carbonyl (C=O) groups excluding carboxylic acids is 1. The summed E-state index contributed by atoms with van der Waals surface area (Å²) in [7, 11) is 1.00. The van der Waals surface area contributed by atoms with E-state index in [4.69, 9.17) is 5.11 Å². The number of nitrogens with zero attached hydrogens (tertiary/aromatic N) is 3. The minimum absolute atomic E-state index is 0.0522. The Morgan fingerprint density at radius 2 is 1.59 bits per heavy atom. The number of aliphatic hydroxyl groups is 1. The predicted octanol–water partition coefficient (Wildman–Crippen LogP) is 3.87. The molecule has 4 rings (SSSR count). The van der Waals surface area contributed by atoms with Crippen LogP contribution in [-0.2, 0) is 6.54 Å². The maximum Gasteiger partial charge on any atom is 0.274 e. The maximum absolute atomic E-state index is 12.9. The van der Waals surface area contributed by atoms with Gasteiger partial charge in [0.1, 0.15) is 0 Å². The molecule has 0 bridgehead atoms. The highest BCUT2D eigenvalue weighted by Gasteiger charge is 2.26. The molecule has 1 amide bonds. The van der Waals surface area contributed by atoms with Crippen LogP contribution in [0.4, 0.5) is 0 Å². The highest BCUT2D eigenvalue weighted by Crippen LogP contribution is 2.28. The Morgan fingerprint density at radius 3 is 2.21 bits per heavy atom. The monoisotopic (exact) mass is 391 g/mol. The lowest BCUT2D eigenvalue weighted by atomic mass is 9.89. The van der Waals surface area contributed by atoms with Gasteiger partial charge >= 0.3 is 0 Å². The lowest BCUT2D eigenvalue weighted by Gasteiger charge is -2.31. The zero-order valence-corrected chi connectivity index (χ0v) is 17.2. The molecule has 0 saturated carbocycles. The van der Waals surface area contributed by atoms with Crippen molar-refractivity contribution in [1.82, 2.24) is 14.7 Å². The fourth-order valence-corrected chi connectivity index (χ4v) is 3.83. The highest BCUT2D eigenvalue weighted by molar-refractivity contribution is 5.92. The second kappa shape index (κ2) is 10.0. The first kappa shape index (κ1) is 20.8. The topological polar surface area (TPSA) is 58.4 Å². The Labute approximate surface area is 172 Å². The van der Waals surface area contributed by atoms with Gasteiger partial charge in [-0.2, -0.15) is 5.10 Å². The molecular formula is C24H29N3O2. The maximum atomic E-state index is 12.9. The van der Waals surface area contributed by atoms with E-state index in [9.17, 15) is 4.79 Å². The van der Waals surface area contributed by atoms with Gasteiger partial charge in [0.2, 0.25) is 0 Å². The van der Waals surface area contributed by atoms with E-state index in [0.717, 1.165) is 38.7 Å². The Bertz CT molecular complexity index is 898. The molecule has 5 nitrogen and oxygen atoms in total. The second-order valence-electron chi connectivity index (χ2n) is 7.29. The third kappa shape index (κ3) is 5.12. The number of aliphatic hydroxyl groups excluding tert-OH is 1. The molecule has 1 saturated heterocycles. The summed E-state index contributed by atoms with van der Waals surface area (Å²) in [5, 5.41) is 11.6. The molecule has 5 heteroatoms. The number of aromatic nitrogens is 2. The van der Waals surface area contributed by atoms with Crippen molar-refractivity contribution in [2.75, 3.05) is 20.2 Å². The zero-order chi connectivity index (χ0) is 20.6. The molecule has 1 fully saturated rings. The van der Waals surface area contributed by atoms with Crippen LogP contribution < -0.4 is 0 Å². The molecule has 1 N–H and O–H groups in total. The summed E-state index contributed by atoms with van der Waals surface area (Å²) in [6, 6.07) is 22.7. The van der Waals surface area contributed by atoms with E-state index in [0.29, 0.717) is 18.2 Å². The van der Waals surface area contributed by atoms with Gasteiger partial charge in [-0.25, -0.2) is 0 Å². The first-order valence-corrected chi connectivity index (χ1v) is 10.1. The van der Waals surface area contributed by atoms with Crippen LogP contribution in [0.5, 0.6) is 0 Å². The molecule has 29 heavy (non-hydrogen) atoms. The van der Waals surface area contributed by atoms with E-state index in [1.54, 1.807) is 0 Å². The Balaban J connectivity index is 0.00000117. The summed E-state index contributed by atoms with van der Waals surface area (Å²) >= 11 is 0. The molecule has 1 aliphatic rings. The highest BCUT2D eigenvalue weighted by atomic mass is 16.2. The largest absolute Gasteiger partial charge is 0.400 e.